The van der Waals surface area contributed by atoms with Gasteiger partial charge in [-0.1, -0.05) is 6.92 Å². The number of rotatable bonds is 3. The second-order valence-electron chi connectivity index (χ2n) is 4.30. The lowest BCUT2D eigenvalue weighted by molar-refractivity contribution is 0.0601. The largest absolute Gasteiger partial charge is 0.465 e. The maximum absolute atomic E-state index is 13.2. The van der Waals surface area contributed by atoms with Crippen LogP contribution in [-0.4, -0.2) is 30.1 Å². The number of anilines is 1. The minimum atomic E-state index is -0.518. The molecule has 2 atom stereocenters. The van der Waals surface area contributed by atoms with Crippen molar-refractivity contribution < 1.29 is 13.9 Å². The van der Waals surface area contributed by atoms with E-state index in [1.807, 2.05) is 11.8 Å². The molecule has 18 heavy (non-hydrogen) atoms. The van der Waals surface area contributed by atoms with Crippen molar-refractivity contribution in [1.82, 2.24) is 0 Å². The molecule has 0 aliphatic carbocycles. The van der Waals surface area contributed by atoms with Gasteiger partial charge < -0.3 is 10.1 Å². The Kier molecular flexibility index (Phi) is 4.11. The summed E-state index contributed by atoms with van der Waals surface area (Å²) in [6.45, 7) is 2.15. The fourth-order valence-electron chi connectivity index (χ4n) is 2.04. The Bertz CT molecular complexity index is 453. The maximum atomic E-state index is 13.2. The topological polar surface area (TPSA) is 38.3 Å². The molecule has 1 aliphatic heterocycles. The first-order valence-corrected chi connectivity index (χ1v) is 6.92. The Morgan fingerprint density at radius 3 is 2.94 bits per heavy atom. The summed E-state index contributed by atoms with van der Waals surface area (Å²) in [4.78, 5) is 11.6. The van der Waals surface area contributed by atoms with Crippen molar-refractivity contribution in [3.8, 4) is 0 Å². The zero-order chi connectivity index (χ0) is 13.1. The molecule has 2 unspecified atom stereocenters. The number of benzene rings is 1. The molecule has 2 rings (SSSR count). The molecule has 0 saturated carbocycles. The van der Waals surface area contributed by atoms with Crippen LogP contribution in [0.2, 0.25) is 0 Å². The molecule has 1 aliphatic rings. The monoisotopic (exact) mass is 269 g/mol. The van der Waals surface area contributed by atoms with Crippen LogP contribution in [0.1, 0.15) is 23.7 Å². The van der Waals surface area contributed by atoms with Crippen LogP contribution in [-0.2, 0) is 4.74 Å². The SMILES string of the molecule is COC(=O)c1cc(F)ccc1NC1CCSC1C. The molecule has 0 bridgehead atoms. The summed E-state index contributed by atoms with van der Waals surface area (Å²) in [5.41, 5.74) is 0.893. The number of thioether (sulfide) groups is 1. The fourth-order valence-corrected chi connectivity index (χ4v) is 3.24. The summed E-state index contributed by atoms with van der Waals surface area (Å²) in [5, 5.41) is 3.80. The summed E-state index contributed by atoms with van der Waals surface area (Å²) in [6, 6.07) is 4.46. The Morgan fingerprint density at radius 1 is 1.56 bits per heavy atom. The zero-order valence-electron chi connectivity index (χ0n) is 10.4. The number of carbonyl (C=O) groups is 1. The van der Waals surface area contributed by atoms with Gasteiger partial charge >= 0.3 is 5.97 Å². The van der Waals surface area contributed by atoms with Gasteiger partial charge in [0.2, 0.25) is 0 Å². The smallest absolute Gasteiger partial charge is 0.340 e. The highest BCUT2D eigenvalue weighted by molar-refractivity contribution is 8.00. The predicted molar refractivity (Wildman–Crippen MR) is 71.7 cm³/mol. The minimum Gasteiger partial charge on any atom is -0.465 e. The highest BCUT2D eigenvalue weighted by atomic mass is 32.2. The lowest BCUT2D eigenvalue weighted by Crippen LogP contribution is -2.26. The Hall–Kier alpha value is -1.23. The van der Waals surface area contributed by atoms with Gasteiger partial charge in [0.25, 0.3) is 0 Å². The molecular weight excluding hydrogens is 253 g/mol. The Labute approximate surface area is 110 Å². The van der Waals surface area contributed by atoms with Crippen LogP contribution in [0, 0.1) is 5.82 Å². The van der Waals surface area contributed by atoms with Gasteiger partial charge in [-0.05, 0) is 30.4 Å². The van der Waals surface area contributed by atoms with Gasteiger partial charge in [0.1, 0.15) is 5.82 Å². The van der Waals surface area contributed by atoms with E-state index in [1.165, 1.54) is 19.2 Å². The van der Waals surface area contributed by atoms with Crippen molar-refractivity contribution in [3.63, 3.8) is 0 Å². The molecule has 0 aromatic heterocycles. The molecule has 3 nitrogen and oxygen atoms in total. The molecule has 5 heteroatoms. The third-order valence-corrected chi connectivity index (χ3v) is 4.43. The molecule has 1 aromatic rings. The van der Waals surface area contributed by atoms with Crippen LogP contribution in [0.25, 0.3) is 0 Å². The summed E-state index contributed by atoms with van der Waals surface area (Å²) in [6.07, 6.45) is 1.05. The zero-order valence-corrected chi connectivity index (χ0v) is 11.2. The standard InChI is InChI=1S/C13H16FNO2S/c1-8-11(5-6-18-8)15-12-4-3-9(14)7-10(12)13(16)17-2/h3-4,7-8,11,15H,5-6H2,1-2H3. The van der Waals surface area contributed by atoms with E-state index in [0.717, 1.165) is 12.2 Å². The fraction of sp³-hybridized carbons (Fsp3) is 0.462. The van der Waals surface area contributed by atoms with Crippen LogP contribution >= 0.6 is 11.8 Å². The van der Waals surface area contributed by atoms with Crippen LogP contribution in [0.3, 0.4) is 0 Å². The van der Waals surface area contributed by atoms with E-state index in [4.69, 9.17) is 0 Å². The van der Waals surface area contributed by atoms with E-state index in [-0.39, 0.29) is 5.56 Å². The van der Waals surface area contributed by atoms with E-state index in [9.17, 15) is 9.18 Å². The molecule has 98 valence electrons. The average molecular weight is 269 g/mol. The first kappa shape index (κ1) is 13.2. The van der Waals surface area contributed by atoms with E-state index in [0.29, 0.717) is 17.0 Å². The summed E-state index contributed by atoms with van der Waals surface area (Å²) in [5.74, 6) is 0.151. The molecule has 0 spiro atoms. The average Bonchev–Trinajstić information content (AvgIpc) is 2.76. The molecule has 1 aromatic carbocycles. The van der Waals surface area contributed by atoms with E-state index < -0.39 is 11.8 Å². The molecular formula is C13H16FNO2S. The van der Waals surface area contributed by atoms with Crippen LogP contribution in [0.4, 0.5) is 10.1 Å². The van der Waals surface area contributed by atoms with Crippen molar-refractivity contribution in [3.05, 3.63) is 29.6 Å². The summed E-state index contributed by atoms with van der Waals surface area (Å²) >= 11 is 1.89. The van der Waals surface area contributed by atoms with Gasteiger partial charge in [-0.25, -0.2) is 9.18 Å². The van der Waals surface area contributed by atoms with Crippen molar-refractivity contribution in [1.29, 1.82) is 0 Å². The number of methoxy groups -OCH3 is 1. The van der Waals surface area contributed by atoms with Gasteiger partial charge in [0.05, 0.1) is 12.7 Å². The number of carbonyl (C=O) groups excluding carboxylic acids is 1. The second kappa shape index (κ2) is 5.61. The third kappa shape index (κ3) is 2.77. The number of hydrogen-bond donors (Lipinski definition) is 1. The van der Waals surface area contributed by atoms with Gasteiger partial charge in [-0.3, -0.25) is 0 Å². The normalized spacial score (nSPS) is 22.8. The highest BCUT2D eigenvalue weighted by Crippen LogP contribution is 2.30. The van der Waals surface area contributed by atoms with E-state index >= 15 is 0 Å². The lowest BCUT2D eigenvalue weighted by Gasteiger charge is -2.19. The molecule has 0 radical (unpaired) electrons. The Morgan fingerprint density at radius 2 is 2.33 bits per heavy atom. The number of nitrogens with one attached hydrogen (secondary N) is 1. The summed E-state index contributed by atoms with van der Waals surface area (Å²) in [7, 11) is 1.30. The van der Waals surface area contributed by atoms with Gasteiger partial charge in [-0.2, -0.15) is 11.8 Å². The lowest BCUT2D eigenvalue weighted by atomic mass is 10.1. The van der Waals surface area contributed by atoms with Crippen molar-refractivity contribution in [2.24, 2.45) is 0 Å². The highest BCUT2D eigenvalue weighted by Gasteiger charge is 2.25. The van der Waals surface area contributed by atoms with E-state index in [2.05, 4.69) is 17.0 Å². The van der Waals surface area contributed by atoms with Crippen LogP contribution in [0.5, 0.6) is 0 Å². The molecule has 0 amide bonds. The molecule has 1 heterocycles. The number of hydrogen-bond acceptors (Lipinski definition) is 4. The van der Waals surface area contributed by atoms with Crippen LogP contribution in [0.15, 0.2) is 18.2 Å². The summed E-state index contributed by atoms with van der Waals surface area (Å²) < 4.78 is 17.9. The number of ether oxygens (including phenoxy) is 1. The van der Waals surface area contributed by atoms with Gasteiger partial charge in [0, 0.05) is 17.0 Å². The van der Waals surface area contributed by atoms with Gasteiger partial charge in [0.15, 0.2) is 0 Å². The van der Waals surface area contributed by atoms with Gasteiger partial charge in [-0.15, -0.1) is 0 Å². The molecule has 1 saturated heterocycles. The molecule has 1 fully saturated rings. The predicted octanol–water partition coefficient (Wildman–Crippen LogP) is 2.92. The van der Waals surface area contributed by atoms with Crippen molar-refractivity contribution in [2.45, 2.75) is 24.6 Å². The third-order valence-electron chi connectivity index (χ3n) is 3.10. The van der Waals surface area contributed by atoms with Crippen molar-refractivity contribution >= 4 is 23.4 Å². The first-order chi connectivity index (χ1) is 8.61. The minimum absolute atomic E-state index is 0.251. The molecule has 1 N–H and O–H groups in total. The van der Waals surface area contributed by atoms with E-state index in [1.54, 1.807) is 6.07 Å². The maximum Gasteiger partial charge on any atom is 0.340 e. The number of halogens is 1. The van der Waals surface area contributed by atoms with Crippen LogP contribution < -0.4 is 5.32 Å². The Balaban J connectivity index is 2.23. The number of esters is 1. The quantitative estimate of drug-likeness (QED) is 0.856. The first-order valence-electron chi connectivity index (χ1n) is 5.88. The van der Waals surface area contributed by atoms with Crippen molar-refractivity contribution in [2.75, 3.05) is 18.2 Å². The second-order valence-corrected chi connectivity index (χ2v) is 5.78.